The molecule has 1 atom stereocenters. The molecule has 0 N–H and O–H groups in total. The van der Waals surface area contributed by atoms with Crippen molar-refractivity contribution in [3.8, 4) is 11.5 Å². The van der Waals surface area contributed by atoms with Gasteiger partial charge in [0.2, 0.25) is 5.91 Å². The average molecular weight is 390 g/mol. The molecule has 0 radical (unpaired) electrons. The van der Waals surface area contributed by atoms with Gasteiger partial charge in [-0.25, -0.2) is 0 Å². The Morgan fingerprint density at radius 2 is 1.62 bits per heavy atom. The number of hydrogen-bond donors (Lipinski definition) is 0. The standard InChI is InChI=1S/C24H26N2O3/c1-26(23(27)13-12-18-15-20(28-2)17-21(16-18)29-3)24(19-9-5-4-6-10-19)22-11-7-8-14-25-22/h4-11,14-17,24H,12-13H2,1-3H3/t24-/m0/s1. The number of nitrogens with zero attached hydrogens (tertiary/aromatic N) is 2. The first kappa shape index (κ1) is 20.4. The van der Waals surface area contributed by atoms with E-state index in [4.69, 9.17) is 9.47 Å². The second-order valence-electron chi connectivity index (χ2n) is 6.79. The maximum atomic E-state index is 13.0. The number of hydrogen-bond acceptors (Lipinski definition) is 4. The third-order valence-corrected chi connectivity index (χ3v) is 4.90. The molecule has 3 aromatic rings. The Kier molecular flexibility index (Phi) is 6.85. The highest BCUT2D eigenvalue weighted by molar-refractivity contribution is 5.77. The first-order chi connectivity index (χ1) is 14.1. The normalized spacial score (nSPS) is 11.6. The highest BCUT2D eigenvalue weighted by Gasteiger charge is 2.24. The number of aryl methyl sites for hydroxylation is 1. The van der Waals surface area contributed by atoms with Crippen LogP contribution in [0.3, 0.4) is 0 Å². The van der Waals surface area contributed by atoms with Gasteiger partial charge in [-0.3, -0.25) is 9.78 Å². The largest absolute Gasteiger partial charge is 0.497 e. The zero-order chi connectivity index (χ0) is 20.6. The molecule has 0 unspecified atom stereocenters. The summed E-state index contributed by atoms with van der Waals surface area (Å²) in [5, 5.41) is 0. The van der Waals surface area contributed by atoms with Crippen LogP contribution < -0.4 is 9.47 Å². The van der Waals surface area contributed by atoms with Crippen LogP contribution >= 0.6 is 0 Å². The first-order valence-corrected chi connectivity index (χ1v) is 9.56. The summed E-state index contributed by atoms with van der Waals surface area (Å²) in [6, 6.07) is 21.2. The molecule has 0 aliphatic carbocycles. The Bertz CT molecular complexity index is 868. The smallest absolute Gasteiger partial charge is 0.223 e. The van der Waals surface area contributed by atoms with Crippen LogP contribution in [0.15, 0.2) is 72.9 Å². The van der Waals surface area contributed by atoms with Crippen LogP contribution in [0.1, 0.15) is 29.3 Å². The Morgan fingerprint density at radius 3 is 2.21 bits per heavy atom. The highest BCUT2D eigenvalue weighted by Crippen LogP contribution is 2.27. The first-order valence-electron chi connectivity index (χ1n) is 9.56. The van der Waals surface area contributed by atoms with Crippen molar-refractivity contribution < 1.29 is 14.3 Å². The monoisotopic (exact) mass is 390 g/mol. The van der Waals surface area contributed by atoms with Crippen molar-refractivity contribution >= 4 is 5.91 Å². The van der Waals surface area contributed by atoms with Crippen LogP contribution in [0.4, 0.5) is 0 Å². The lowest BCUT2D eigenvalue weighted by Gasteiger charge is -2.28. The zero-order valence-corrected chi connectivity index (χ0v) is 17.0. The number of rotatable bonds is 8. The van der Waals surface area contributed by atoms with Crippen LogP contribution in [0.25, 0.3) is 0 Å². The number of benzene rings is 2. The van der Waals surface area contributed by atoms with Crippen molar-refractivity contribution in [2.45, 2.75) is 18.9 Å². The van der Waals surface area contributed by atoms with Gasteiger partial charge in [0.05, 0.1) is 26.0 Å². The fourth-order valence-electron chi connectivity index (χ4n) is 3.35. The van der Waals surface area contributed by atoms with Crippen molar-refractivity contribution in [2.75, 3.05) is 21.3 Å². The molecule has 0 saturated carbocycles. The molecule has 0 saturated heterocycles. The Hall–Kier alpha value is -3.34. The van der Waals surface area contributed by atoms with Gasteiger partial charge in [0, 0.05) is 25.7 Å². The lowest BCUT2D eigenvalue weighted by atomic mass is 10.0. The van der Waals surface area contributed by atoms with Gasteiger partial charge >= 0.3 is 0 Å². The lowest BCUT2D eigenvalue weighted by molar-refractivity contribution is -0.131. The van der Waals surface area contributed by atoms with Gasteiger partial charge in [-0.15, -0.1) is 0 Å². The van der Waals surface area contributed by atoms with Crippen molar-refractivity contribution in [2.24, 2.45) is 0 Å². The van der Waals surface area contributed by atoms with E-state index >= 15 is 0 Å². The number of carbonyl (C=O) groups is 1. The third kappa shape index (κ3) is 5.13. The quantitative estimate of drug-likeness (QED) is 0.576. The molecule has 1 heterocycles. The molecular weight excluding hydrogens is 364 g/mol. The van der Waals surface area contributed by atoms with E-state index < -0.39 is 0 Å². The molecule has 5 heteroatoms. The minimum Gasteiger partial charge on any atom is -0.497 e. The number of methoxy groups -OCH3 is 2. The number of pyridine rings is 1. The van der Waals surface area contributed by atoms with E-state index in [0.717, 1.165) is 28.3 Å². The summed E-state index contributed by atoms with van der Waals surface area (Å²) in [7, 11) is 5.07. The minimum atomic E-state index is -0.232. The van der Waals surface area contributed by atoms with Crippen LogP contribution in [0.2, 0.25) is 0 Å². The average Bonchev–Trinajstić information content (AvgIpc) is 2.78. The van der Waals surface area contributed by atoms with Gasteiger partial charge in [-0.2, -0.15) is 0 Å². The van der Waals surface area contributed by atoms with Crippen LogP contribution in [-0.4, -0.2) is 37.1 Å². The summed E-state index contributed by atoms with van der Waals surface area (Å²) in [5.41, 5.74) is 2.87. The Labute approximate surface area is 171 Å². The molecule has 29 heavy (non-hydrogen) atoms. The number of aromatic nitrogens is 1. The molecule has 5 nitrogen and oxygen atoms in total. The second kappa shape index (κ2) is 9.73. The Morgan fingerprint density at radius 1 is 0.966 bits per heavy atom. The molecule has 0 aliphatic rings. The summed E-state index contributed by atoms with van der Waals surface area (Å²) in [6.07, 6.45) is 2.73. The molecule has 0 bridgehead atoms. The van der Waals surface area contributed by atoms with Gasteiger partial charge in [0.1, 0.15) is 11.5 Å². The predicted molar refractivity (Wildman–Crippen MR) is 113 cm³/mol. The molecule has 0 fully saturated rings. The van der Waals surface area contributed by atoms with E-state index in [1.165, 1.54) is 0 Å². The van der Waals surface area contributed by atoms with E-state index in [2.05, 4.69) is 4.98 Å². The SMILES string of the molecule is COc1cc(CCC(=O)N(C)[C@@H](c2ccccc2)c2ccccn2)cc(OC)c1. The molecular formula is C24H26N2O3. The van der Waals surface area contributed by atoms with E-state index in [9.17, 15) is 4.79 Å². The fraction of sp³-hybridized carbons (Fsp3) is 0.250. The summed E-state index contributed by atoms with van der Waals surface area (Å²) in [5.74, 6) is 1.48. The molecule has 0 aliphatic heterocycles. The molecule has 0 spiro atoms. The number of carbonyl (C=O) groups excluding carboxylic acids is 1. The summed E-state index contributed by atoms with van der Waals surface area (Å²) >= 11 is 0. The van der Waals surface area contributed by atoms with Gasteiger partial charge in [-0.1, -0.05) is 36.4 Å². The molecule has 2 aromatic carbocycles. The van der Waals surface area contributed by atoms with E-state index in [-0.39, 0.29) is 11.9 Å². The fourth-order valence-corrected chi connectivity index (χ4v) is 3.35. The highest BCUT2D eigenvalue weighted by atomic mass is 16.5. The van der Waals surface area contributed by atoms with Gasteiger partial charge in [0.25, 0.3) is 0 Å². The maximum Gasteiger partial charge on any atom is 0.223 e. The molecule has 150 valence electrons. The molecule has 1 aromatic heterocycles. The third-order valence-electron chi connectivity index (χ3n) is 4.90. The van der Waals surface area contributed by atoms with Gasteiger partial charge in [-0.05, 0) is 41.8 Å². The van der Waals surface area contributed by atoms with Crippen molar-refractivity contribution in [3.05, 3.63) is 89.7 Å². The molecule has 1 amide bonds. The number of ether oxygens (including phenoxy) is 2. The van der Waals surface area contributed by atoms with E-state index in [1.54, 1.807) is 25.3 Å². The van der Waals surface area contributed by atoms with E-state index in [0.29, 0.717) is 12.8 Å². The topological polar surface area (TPSA) is 51.7 Å². The summed E-state index contributed by atoms with van der Waals surface area (Å²) < 4.78 is 10.6. The van der Waals surface area contributed by atoms with E-state index in [1.807, 2.05) is 73.8 Å². The van der Waals surface area contributed by atoms with Crippen LogP contribution in [0, 0.1) is 0 Å². The van der Waals surface area contributed by atoms with Gasteiger partial charge in [0.15, 0.2) is 0 Å². The minimum absolute atomic E-state index is 0.0475. The zero-order valence-electron chi connectivity index (χ0n) is 17.0. The van der Waals surface area contributed by atoms with Gasteiger partial charge < -0.3 is 14.4 Å². The molecule has 3 rings (SSSR count). The second-order valence-corrected chi connectivity index (χ2v) is 6.79. The predicted octanol–water partition coefficient (Wildman–Crippen LogP) is 4.28. The van der Waals surface area contributed by atoms with Crippen LogP contribution in [-0.2, 0) is 11.2 Å². The van der Waals surface area contributed by atoms with Crippen molar-refractivity contribution in [3.63, 3.8) is 0 Å². The lowest BCUT2D eigenvalue weighted by Crippen LogP contribution is -2.32. The van der Waals surface area contributed by atoms with Crippen molar-refractivity contribution in [1.82, 2.24) is 9.88 Å². The number of amides is 1. The van der Waals surface area contributed by atoms with Crippen LogP contribution in [0.5, 0.6) is 11.5 Å². The van der Waals surface area contributed by atoms with Crippen molar-refractivity contribution in [1.29, 1.82) is 0 Å². The maximum absolute atomic E-state index is 13.0. The summed E-state index contributed by atoms with van der Waals surface area (Å²) in [4.78, 5) is 19.3. The Balaban J connectivity index is 1.78. The summed E-state index contributed by atoms with van der Waals surface area (Å²) in [6.45, 7) is 0.